The van der Waals surface area contributed by atoms with Crippen LogP contribution in [0, 0.1) is 0 Å². The van der Waals surface area contributed by atoms with Gasteiger partial charge in [-0.2, -0.15) is 0 Å². The summed E-state index contributed by atoms with van der Waals surface area (Å²) in [6, 6.07) is 21.4. The van der Waals surface area contributed by atoms with E-state index >= 15 is 0 Å². The standard InChI is InChI=1S/C22H16Cl2N4O2/c1-30-19-10-8-18(9-11-19)28-21(14-4-2-5-15(23)12-14)26-20(27-28)22(29)25-17-7-3-6-16(24)13-17/h2-13H,1H3,(H,25,29). The molecule has 0 radical (unpaired) electrons. The smallest absolute Gasteiger partial charge is 0.295 e. The van der Waals surface area contributed by atoms with Gasteiger partial charge in [-0.1, -0.05) is 41.4 Å². The van der Waals surface area contributed by atoms with Crippen LogP contribution in [0.3, 0.4) is 0 Å². The second kappa shape index (κ2) is 8.57. The van der Waals surface area contributed by atoms with Crippen molar-refractivity contribution in [3.05, 3.63) is 88.7 Å². The van der Waals surface area contributed by atoms with Gasteiger partial charge < -0.3 is 10.1 Å². The molecular formula is C22H16Cl2N4O2. The predicted molar refractivity (Wildman–Crippen MR) is 118 cm³/mol. The SMILES string of the molecule is COc1ccc(-n2nc(C(=O)Nc3cccc(Cl)c3)nc2-c2cccc(Cl)c2)cc1. The summed E-state index contributed by atoms with van der Waals surface area (Å²) in [4.78, 5) is 17.3. The van der Waals surface area contributed by atoms with Crippen molar-refractivity contribution in [2.45, 2.75) is 0 Å². The maximum absolute atomic E-state index is 12.8. The van der Waals surface area contributed by atoms with Gasteiger partial charge in [0.25, 0.3) is 5.91 Å². The third-order valence-electron chi connectivity index (χ3n) is 4.29. The van der Waals surface area contributed by atoms with Crippen LogP contribution in [0.2, 0.25) is 10.0 Å². The van der Waals surface area contributed by atoms with E-state index in [9.17, 15) is 4.79 Å². The van der Waals surface area contributed by atoms with Crippen molar-refractivity contribution >= 4 is 34.8 Å². The molecule has 0 fully saturated rings. The summed E-state index contributed by atoms with van der Waals surface area (Å²) in [6.45, 7) is 0. The molecule has 0 saturated heterocycles. The Morgan fingerprint density at radius 2 is 1.67 bits per heavy atom. The average Bonchev–Trinajstić information content (AvgIpc) is 3.19. The summed E-state index contributed by atoms with van der Waals surface area (Å²) in [7, 11) is 1.60. The lowest BCUT2D eigenvalue weighted by Gasteiger charge is -2.07. The summed E-state index contributed by atoms with van der Waals surface area (Å²) in [5.41, 5.74) is 2.00. The van der Waals surface area contributed by atoms with E-state index in [0.717, 1.165) is 11.3 Å². The Kier molecular flexibility index (Phi) is 5.70. The number of carbonyl (C=O) groups excluding carboxylic acids is 1. The summed E-state index contributed by atoms with van der Waals surface area (Å²) < 4.78 is 6.81. The highest BCUT2D eigenvalue weighted by atomic mass is 35.5. The van der Waals surface area contributed by atoms with Gasteiger partial charge in [-0.15, -0.1) is 5.10 Å². The molecule has 0 unspecified atom stereocenters. The molecule has 6 nitrogen and oxygen atoms in total. The zero-order chi connectivity index (χ0) is 21.1. The van der Waals surface area contributed by atoms with Crippen LogP contribution in [0.25, 0.3) is 17.1 Å². The summed E-state index contributed by atoms with van der Waals surface area (Å²) in [5, 5.41) is 8.28. The maximum atomic E-state index is 12.8. The molecule has 4 aromatic rings. The molecule has 0 aliphatic rings. The first kappa shape index (κ1) is 19.9. The third-order valence-corrected chi connectivity index (χ3v) is 4.76. The van der Waals surface area contributed by atoms with Gasteiger partial charge in [0.15, 0.2) is 5.82 Å². The van der Waals surface area contributed by atoms with E-state index in [1.54, 1.807) is 48.2 Å². The van der Waals surface area contributed by atoms with Crippen LogP contribution >= 0.6 is 23.2 Å². The summed E-state index contributed by atoms with van der Waals surface area (Å²) in [5.74, 6) is 0.759. The molecule has 1 heterocycles. The largest absolute Gasteiger partial charge is 0.497 e. The number of nitrogens with one attached hydrogen (secondary N) is 1. The van der Waals surface area contributed by atoms with Crippen molar-refractivity contribution in [2.24, 2.45) is 0 Å². The highest BCUT2D eigenvalue weighted by Crippen LogP contribution is 2.25. The number of amides is 1. The molecule has 0 spiro atoms. The molecule has 8 heteroatoms. The van der Waals surface area contributed by atoms with Crippen molar-refractivity contribution in [1.82, 2.24) is 14.8 Å². The Morgan fingerprint density at radius 3 is 2.33 bits per heavy atom. The molecule has 150 valence electrons. The number of halogens is 2. The number of methoxy groups -OCH3 is 1. The van der Waals surface area contributed by atoms with Crippen molar-refractivity contribution in [2.75, 3.05) is 12.4 Å². The molecule has 4 rings (SSSR count). The van der Waals surface area contributed by atoms with E-state index in [-0.39, 0.29) is 5.82 Å². The van der Waals surface area contributed by atoms with Crippen molar-refractivity contribution in [1.29, 1.82) is 0 Å². The highest BCUT2D eigenvalue weighted by molar-refractivity contribution is 6.31. The predicted octanol–water partition coefficient (Wildman–Crippen LogP) is 5.50. The fourth-order valence-corrected chi connectivity index (χ4v) is 3.26. The van der Waals surface area contributed by atoms with Crippen LogP contribution in [-0.4, -0.2) is 27.8 Å². The minimum absolute atomic E-state index is 0.0146. The number of hydrogen-bond donors (Lipinski definition) is 1. The summed E-state index contributed by atoms with van der Waals surface area (Å²) >= 11 is 12.2. The van der Waals surface area contributed by atoms with Crippen LogP contribution in [0.4, 0.5) is 5.69 Å². The first-order valence-electron chi connectivity index (χ1n) is 8.98. The maximum Gasteiger partial charge on any atom is 0.295 e. The molecule has 0 atom stereocenters. The molecule has 30 heavy (non-hydrogen) atoms. The molecule has 0 aliphatic heterocycles. The Balaban J connectivity index is 1.75. The van der Waals surface area contributed by atoms with Crippen LogP contribution < -0.4 is 10.1 Å². The number of rotatable bonds is 5. The second-order valence-corrected chi connectivity index (χ2v) is 7.22. The fraction of sp³-hybridized carbons (Fsp3) is 0.0455. The number of benzene rings is 3. The van der Waals surface area contributed by atoms with E-state index in [4.69, 9.17) is 27.9 Å². The first-order valence-corrected chi connectivity index (χ1v) is 9.73. The van der Waals surface area contributed by atoms with Gasteiger partial charge in [0.2, 0.25) is 5.82 Å². The minimum atomic E-state index is -0.451. The molecular weight excluding hydrogens is 423 g/mol. The molecule has 0 aliphatic carbocycles. The Labute approximate surface area is 183 Å². The van der Waals surface area contributed by atoms with E-state index in [1.165, 1.54) is 0 Å². The minimum Gasteiger partial charge on any atom is -0.497 e. The Hall–Kier alpha value is -3.35. The summed E-state index contributed by atoms with van der Waals surface area (Å²) in [6.07, 6.45) is 0. The van der Waals surface area contributed by atoms with E-state index in [2.05, 4.69) is 15.4 Å². The monoisotopic (exact) mass is 438 g/mol. The van der Waals surface area contributed by atoms with E-state index in [0.29, 0.717) is 27.3 Å². The van der Waals surface area contributed by atoms with Crippen LogP contribution in [0.15, 0.2) is 72.8 Å². The average molecular weight is 439 g/mol. The topological polar surface area (TPSA) is 69.0 Å². The molecule has 0 saturated carbocycles. The van der Waals surface area contributed by atoms with Gasteiger partial charge in [-0.3, -0.25) is 4.79 Å². The van der Waals surface area contributed by atoms with E-state index < -0.39 is 5.91 Å². The first-order chi connectivity index (χ1) is 14.5. The van der Waals surface area contributed by atoms with Gasteiger partial charge in [0, 0.05) is 21.3 Å². The van der Waals surface area contributed by atoms with Gasteiger partial charge >= 0.3 is 0 Å². The van der Waals surface area contributed by atoms with Gasteiger partial charge in [-0.25, -0.2) is 9.67 Å². The molecule has 0 bridgehead atoms. The Bertz CT molecular complexity index is 1210. The lowest BCUT2D eigenvalue weighted by atomic mass is 10.2. The number of nitrogens with zero attached hydrogens (tertiary/aromatic N) is 3. The zero-order valence-corrected chi connectivity index (χ0v) is 17.4. The zero-order valence-electron chi connectivity index (χ0n) is 15.8. The third kappa shape index (κ3) is 4.30. The molecule has 1 aromatic heterocycles. The van der Waals surface area contributed by atoms with Crippen LogP contribution in [0.1, 0.15) is 10.6 Å². The number of anilines is 1. The number of aromatic nitrogens is 3. The number of ether oxygens (including phenoxy) is 1. The lowest BCUT2D eigenvalue weighted by molar-refractivity contribution is 0.101. The second-order valence-electron chi connectivity index (χ2n) is 6.34. The molecule has 3 aromatic carbocycles. The van der Waals surface area contributed by atoms with Crippen LogP contribution in [0.5, 0.6) is 5.75 Å². The van der Waals surface area contributed by atoms with E-state index in [1.807, 2.05) is 36.4 Å². The molecule has 1 amide bonds. The molecule has 1 N–H and O–H groups in total. The van der Waals surface area contributed by atoms with Crippen molar-refractivity contribution in [3.8, 4) is 22.8 Å². The van der Waals surface area contributed by atoms with Gasteiger partial charge in [0.1, 0.15) is 5.75 Å². The highest BCUT2D eigenvalue weighted by Gasteiger charge is 2.19. The van der Waals surface area contributed by atoms with Gasteiger partial charge in [-0.05, 0) is 54.6 Å². The number of hydrogen-bond acceptors (Lipinski definition) is 4. The fourth-order valence-electron chi connectivity index (χ4n) is 2.88. The van der Waals surface area contributed by atoms with Crippen molar-refractivity contribution < 1.29 is 9.53 Å². The quantitative estimate of drug-likeness (QED) is 0.446. The Morgan fingerprint density at radius 1 is 0.967 bits per heavy atom. The normalized spacial score (nSPS) is 10.6. The lowest BCUT2D eigenvalue weighted by Crippen LogP contribution is -2.14. The van der Waals surface area contributed by atoms with Gasteiger partial charge in [0.05, 0.1) is 12.8 Å². The van der Waals surface area contributed by atoms with Crippen molar-refractivity contribution in [3.63, 3.8) is 0 Å². The number of carbonyl (C=O) groups is 1. The van der Waals surface area contributed by atoms with Crippen LogP contribution in [-0.2, 0) is 0 Å².